The lowest BCUT2D eigenvalue weighted by molar-refractivity contribution is 0.237. The Morgan fingerprint density at radius 2 is 1.50 bits per heavy atom. The van der Waals surface area contributed by atoms with Crippen LogP contribution < -0.4 is 4.74 Å². The van der Waals surface area contributed by atoms with Crippen molar-refractivity contribution >= 4 is 17.0 Å². The van der Waals surface area contributed by atoms with Crippen molar-refractivity contribution in [3.8, 4) is 5.75 Å². The highest BCUT2D eigenvalue weighted by atomic mass is 16.5. The quantitative estimate of drug-likeness (QED) is 0.184. The van der Waals surface area contributed by atoms with Crippen molar-refractivity contribution in [2.75, 3.05) is 19.7 Å². The molecule has 0 unspecified atom stereocenters. The number of aliphatic imine (C=N–C) groups is 1. The van der Waals surface area contributed by atoms with Crippen molar-refractivity contribution in [1.82, 2.24) is 4.90 Å². The molecule has 1 fully saturated rings. The molecule has 3 aromatic rings. The van der Waals surface area contributed by atoms with E-state index in [-0.39, 0.29) is 0 Å². The van der Waals surface area contributed by atoms with Gasteiger partial charge in [0.1, 0.15) is 12.4 Å². The van der Waals surface area contributed by atoms with Gasteiger partial charge in [0.2, 0.25) is 0 Å². The summed E-state index contributed by atoms with van der Waals surface area (Å²) < 4.78 is 6.08. The Bertz CT molecular complexity index is 1360. The van der Waals surface area contributed by atoms with Crippen LogP contribution in [-0.4, -0.2) is 30.3 Å². The molecule has 4 rings (SSSR count). The van der Waals surface area contributed by atoms with E-state index < -0.39 is 0 Å². The summed E-state index contributed by atoms with van der Waals surface area (Å²) in [5.74, 6) is 1.86. The van der Waals surface area contributed by atoms with Gasteiger partial charge in [-0.3, -0.25) is 4.99 Å². The molecule has 3 aromatic carbocycles. The first-order chi connectivity index (χ1) is 21.2. The first-order valence-electron chi connectivity index (χ1n) is 16.8. The van der Waals surface area contributed by atoms with E-state index in [0.717, 1.165) is 70.5 Å². The normalized spacial score (nSPS) is 13.3. The fraction of sp³-hybridized carbons (Fsp3) is 0.439. The Morgan fingerprint density at radius 3 is 2.14 bits per heavy atom. The summed E-state index contributed by atoms with van der Waals surface area (Å²) in [6.45, 7) is 24.1. The summed E-state index contributed by atoms with van der Waals surface area (Å²) in [5.41, 5.74) is 10.1. The molecule has 236 valence electrons. The molecule has 44 heavy (non-hydrogen) atoms. The summed E-state index contributed by atoms with van der Waals surface area (Å²) in [5, 5.41) is 0. The molecule has 0 N–H and O–H groups in total. The highest BCUT2D eigenvalue weighted by molar-refractivity contribution is 6.00. The Balaban J connectivity index is 0.000000583. The SMILES string of the molecule is C=C(C)c1ccc(C)c(N=C(C)c2ccc(Cc3cccc(OCC(=C)N4CCCCC4)c3)cc2)c1.CCCC(C)CCC. The van der Waals surface area contributed by atoms with Gasteiger partial charge in [0, 0.05) is 24.5 Å². The number of rotatable bonds is 13. The molecular weight excluding hydrogens is 536 g/mol. The molecule has 0 aromatic heterocycles. The first kappa shape index (κ1) is 34.9. The molecule has 3 heteroatoms. The van der Waals surface area contributed by atoms with Gasteiger partial charge in [-0.1, -0.05) is 114 Å². The van der Waals surface area contributed by atoms with Gasteiger partial charge >= 0.3 is 0 Å². The van der Waals surface area contributed by atoms with Gasteiger partial charge in [0.05, 0.1) is 5.69 Å². The van der Waals surface area contributed by atoms with Crippen LogP contribution in [-0.2, 0) is 6.42 Å². The summed E-state index contributed by atoms with van der Waals surface area (Å²) >= 11 is 0. The molecule has 0 aliphatic carbocycles. The zero-order valence-electron chi connectivity index (χ0n) is 28.4. The monoisotopic (exact) mass is 592 g/mol. The minimum absolute atomic E-state index is 0.547. The molecule has 3 nitrogen and oxygen atoms in total. The van der Waals surface area contributed by atoms with Gasteiger partial charge in [-0.05, 0) is 98.4 Å². The molecule has 1 heterocycles. The maximum absolute atomic E-state index is 6.08. The predicted octanol–water partition coefficient (Wildman–Crippen LogP) is 11.4. The van der Waals surface area contributed by atoms with Gasteiger partial charge in [0.15, 0.2) is 0 Å². The topological polar surface area (TPSA) is 24.8 Å². The lowest BCUT2D eigenvalue weighted by Gasteiger charge is -2.30. The molecular formula is C41H56N2O. The van der Waals surface area contributed by atoms with E-state index >= 15 is 0 Å². The Kier molecular flexibility index (Phi) is 14.5. The van der Waals surface area contributed by atoms with E-state index in [1.807, 2.05) is 13.0 Å². The number of ether oxygens (including phenoxy) is 1. The van der Waals surface area contributed by atoms with E-state index in [4.69, 9.17) is 9.73 Å². The number of nitrogens with zero attached hydrogens (tertiary/aromatic N) is 2. The van der Waals surface area contributed by atoms with Gasteiger partial charge in [0.25, 0.3) is 0 Å². The smallest absolute Gasteiger partial charge is 0.127 e. The number of allylic oxidation sites excluding steroid dienone is 1. The predicted molar refractivity (Wildman–Crippen MR) is 192 cm³/mol. The highest BCUT2D eigenvalue weighted by Gasteiger charge is 2.12. The second-order valence-corrected chi connectivity index (χ2v) is 12.6. The van der Waals surface area contributed by atoms with Crippen molar-refractivity contribution in [2.24, 2.45) is 10.9 Å². The Hall–Kier alpha value is -3.59. The number of hydrogen-bond acceptors (Lipinski definition) is 3. The number of benzene rings is 3. The van der Waals surface area contributed by atoms with E-state index in [1.165, 1.54) is 56.1 Å². The summed E-state index contributed by atoms with van der Waals surface area (Å²) in [7, 11) is 0. The van der Waals surface area contributed by atoms with Crippen LogP contribution in [0.5, 0.6) is 5.75 Å². The van der Waals surface area contributed by atoms with E-state index in [0.29, 0.717) is 6.61 Å². The van der Waals surface area contributed by atoms with Gasteiger partial charge < -0.3 is 9.64 Å². The number of likely N-dealkylation sites (tertiary alicyclic amines) is 1. The van der Waals surface area contributed by atoms with E-state index in [1.54, 1.807) is 0 Å². The molecule has 0 spiro atoms. The Morgan fingerprint density at radius 1 is 0.841 bits per heavy atom. The average molecular weight is 593 g/mol. The van der Waals surface area contributed by atoms with Crippen molar-refractivity contribution in [3.05, 3.63) is 113 Å². The first-order valence-corrected chi connectivity index (χ1v) is 16.8. The summed E-state index contributed by atoms with van der Waals surface area (Å²) in [4.78, 5) is 7.27. The number of piperidine rings is 1. The van der Waals surface area contributed by atoms with Crippen molar-refractivity contribution in [1.29, 1.82) is 0 Å². The van der Waals surface area contributed by atoms with Crippen LogP contribution in [0.2, 0.25) is 0 Å². The third-order valence-electron chi connectivity index (χ3n) is 8.44. The van der Waals surface area contributed by atoms with Crippen LogP contribution in [0.3, 0.4) is 0 Å². The highest BCUT2D eigenvalue weighted by Crippen LogP contribution is 2.25. The second-order valence-electron chi connectivity index (χ2n) is 12.6. The van der Waals surface area contributed by atoms with Crippen molar-refractivity contribution < 1.29 is 4.74 Å². The largest absolute Gasteiger partial charge is 0.487 e. The van der Waals surface area contributed by atoms with Crippen molar-refractivity contribution in [3.63, 3.8) is 0 Å². The van der Waals surface area contributed by atoms with Crippen LogP contribution in [0.15, 0.2) is 90.6 Å². The second kappa shape index (κ2) is 18.3. The molecule has 0 bridgehead atoms. The van der Waals surface area contributed by atoms with E-state index in [2.05, 4.69) is 113 Å². The molecule has 0 saturated carbocycles. The van der Waals surface area contributed by atoms with Gasteiger partial charge in [-0.25, -0.2) is 0 Å². The molecule has 0 atom stereocenters. The molecule has 1 aliphatic heterocycles. The lowest BCUT2D eigenvalue weighted by atomic mass is 10.0. The zero-order valence-corrected chi connectivity index (χ0v) is 28.4. The maximum Gasteiger partial charge on any atom is 0.127 e. The van der Waals surface area contributed by atoms with Crippen LogP contribution in [0.25, 0.3) is 5.57 Å². The Labute approximate surface area is 268 Å². The molecule has 0 amide bonds. The van der Waals surface area contributed by atoms with Gasteiger partial charge in [-0.2, -0.15) is 0 Å². The third-order valence-corrected chi connectivity index (χ3v) is 8.44. The van der Waals surface area contributed by atoms with Crippen LogP contribution in [0, 0.1) is 12.8 Å². The fourth-order valence-corrected chi connectivity index (χ4v) is 5.68. The zero-order chi connectivity index (χ0) is 31.9. The summed E-state index contributed by atoms with van der Waals surface area (Å²) in [6.07, 6.45) is 10.2. The summed E-state index contributed by atoms with van der Waals surface area (Å²) in [6, 6.07) is 23.4. The van der Waals surface area contributed by atoms with Crippen LogP contribution in [0.1, 0.15) is 107 Å². The minimum Gasteiger partial charge on any atom is -0.487 e. The molecule has 1 aliphatic rings. The fourth-order valence-electron chi connectivity index (χ4n) is 5.68. The van der Waals surface area contributed by atoms with Crippen LogP contribution >= 0.6 is 0 Å². The minimum atomic E-state index is 0.547. The van der Waals surface area contributed by atoms with Gasteiger partial charge in [-0.15, -0.1) is 0 Å². The number of hydrogen-bond donors (Lipinski definition) is 0. The van der Waals surface area contributed by atoms with Crippen LogP contribution in [0.4, 0.5) is 5.69 Å². The number of aryl methyl sites for hydroxylation is 1. The lowest BCUT2D eigenvalue weighted by Crippen LogP contribution is -2.31. The maximum atomic E-state index is 6.08. The van der Waals surface area contributed by atoms with Crippen molar-refractivity contribution in [2.45, 2.75) is 92.9 Å². The average Bonchev–Trinajstić information content (AvgIpc) is 3.02. The van der Waals surface area contributed by atoms with E-state index in [9.17, 15) is 0 Å². The molecule has 0 radical (unpaired) electrons. The standard InChI is InChI=1S/C33H38N2O.C8H18/c1-24(2)31-15-12-25(3)33(22-31)34-27(5)30-16-13-28(14-17-30)20-29-10-9-11-32(21-29)36-23-26(4)35-18-7-6-8-19-35;1-4-6-8(3)7-5-2/h9-17,21-22H,1,4,6-8,18-20,23H2,2-3,5H3;8H,4-7H2,1-3H3. The third kappa shape index (κ3) is 11.5. The molecule has 1 saturated heterocycles.